The molecular weight excluding hydrogens is 240 g/mol. The minimum atomic E-state index is -0.0700. The fourth-order valence-corrected chi connectivity index (χ4v) is 1.92. The third kappa shape index (κ3) is 2.76. The van der Waals surface area contributed by atoms with Crippen LogP contribution in [-0.4, -0.2) is 20.0 Å². The summed E-state index contributed by atoms with van der Waals surface area (Å²) in [4.78, 5) is 12.5. The molecule has 0 N–H and O–H groups in total. The third-order valence-corrected chi connectivity index (χ3v) is 2.93. The predicted molar refractivity (Wildman–Crippen MR) is 74.2 cm³/mol. The first-order chi connectivity index (χ1) is 9.15. The number of aryl methyl sites for hydroxylation is 1. The topological polar surface area (TPSA) is 35.5 Å². The number of methoxy groups -OCH3 is 2. The summed E-state index contributed by atoms with van der Waals surface area (Å²) in [6, 6.07) is 12.7. The highest BCUT2D eigenvalue weighted by atomic mass is 16.5. The van der Waals surface area contributed by atoms with Crippen LogP contribution in [0.25, 0.3) is 0 Å². The zero-order valence-electron chi connectivity index (χ0n) is 11.3. The third-order valence-electron chi connectivity index (χ3n) is 2.93. The van der Waals surface area contributed by atoms with Gasteiger partial charge in [-0.3, -0.25) is 4.79 Å². The number of ketones is 1. The van der Waals surface area contributed by atoms with Crippen molar-refractivity contribution < 1.29 is 14.3 Å². The highest BCUT2D eigenvalue weighted by Gasteiger charge is 2.15. The Bertz CT molecular complexity index is 603. The Hall–Kier alpha value is -2.29. The van der Waals surface area contributed by atoms with Crippen LogP contribution in [0.1, 0.15) is 21.5 Å². The Kier molecular flexibility index (Phi) is 3.85. The summed E-state index contributed by atoms with van der Waals surface area (Å²) < 4.78 is 10.4. The predicted octanol–water partition coefficient (Wildman–Crippen LogP) is 3.24. The lowest BCUT2D eigenvalue weighted by molar-refractivity contribution is 0.103. The van der Waals surface area contributed by atoms with E-state index in [0.717, 1.165) is 5.56 Å². The van der Waals surface area contributed by atoms with Crippen molar-refractivity contribution in [3.8, 4) is 11.5 Å². The van der Waals surface area contributed by atoms with Crippen LogP contribution in [0.3, 0.4) is 0 Å². The average Bonchev–Trinajstić information content (AvgIpc) is 2.46. The number of carbonyl (C=O) groups is 1. The van der Waals surface area contributed by atoms with Crippen LogP contribution in [-0.2, 0) is 0 Å². The molecule has 0 spiro atoms. The first-order valence-electron chi connectivity index (χ1n) is 5.99. The molecule has 0 radical (unpaired) electrons. The van der Waals surface area contributed by atoms with Crippen LogP contribution < -0.4 is 9.47 Å². The van der Waals surface area contributed by atoms with E-state index in [1.807, 2.05) is 31.2 Å². The molecule has 0 bridgehead atoms. The van der Waals surface area contributed by atoms with Crippen LogP contribution in [0.2, 0.25) is 0 Å². The largest absolute Gasteiger partial charge is 0.497 e. The highest BCUT2D eigenvalue weighted by molar-refractivity contribution is 6.11. The second kappa shape index (κ2) is 5.57. The molecule has 0 saturated carbocycles. The molecule has 0 heterocycles. The number of hydrogen-bond acceptors (Lipinski definition) is 3. The Labute approximate surface area is 112 Å². The van der Waals surface area contributed by atoms with E-state index in [1.165, 1.54) is 0 Å². The maximum Gasteiger partial charge on any atom is 0.196 e. The van der Waals surface area contributed by atoms with Gasteiger partial charge in [0.05, 0.1) is 19.8 Å². The Morgan fingerprint density at radius 2 is 1.79 bits per heavy atom. The second-order valence-electron chi connectivity index (χ2n) is 4.26. The van der Waals surface area contributed by atoms with Crippen LogP contribution in [0.4, 0.5) is 0 Å². The van der Waals surface area contributed by atoms with E-state index in [2.05, 4.69) is 0 Å². The standard InChI is InChI=1S/C16H16O3/c1-11-7-8-15(19-3)14(9-11)16(17)12-5-4-6-13(10-12)18-2/h4-10H,1-3H3. The normalized spacial score (nSPS) is 10.1. The smallest absolute Gasteiger partial charge is 0.196 e. The number of rotatable bonds is 4. The lowest BCUT2D eigenvalue weighted by Crippen LogP contribution is -2.04. The first kappa shape index (κ1) is 13.1. The summed E-state index contributed by atoms with van der Waals surface area (Å²) in [5, 5.41) is 0. The maximum atomic E-state index is 12.5. The molecule has 0 aliphatic rings. The van der Waals surface area contributed by atoms with Crippen molar-refractivity contribution in [1.29, 1.82) is 0 Å². The van der Waals surface area contributed by atoms with E-state index in [4.69, 9.17) is 9.47 Å². The van der Waals surface area contributed by atoms with Crippen molar-refractivity contribution >= 4 is 5.78 Å². The van der Waals surface area contributed by atoms with Gasteiger partial charge in [0.15, 0.2) is 5.78 Å². The van der Waals surface area contributed by atoms with Crippen molar-refractivity contribution in [2.75, 3.05) is 14.2 Å². The molecule has 0 aliphatic carbocycles. The summed E-state index contributed by atoms with van der Waals surface area (Å²) in [6.07, 6.45) is 0. The van der Waals surface area contributed by atoms with Crippen molar-refractivity contribution in [2.24, 2.45) is 0 Å². The van der Waals surface area contributed by atoms with Gasteiger partial charge in [-0.25, -0.2) is 0 Å². The Morgan fingerprint density at radius 3 is 2.47 bits per heavy atom. The van der Waals surface area contributed by atoms with Gasteiger partial charge in [-0.15, -0.1) is 0 Å². The number of carbonyl (C=O) groups excluding carboxylic acids is 1. The lowest BCUT2D eigenvalue weighted by atomic mass is 10.0. The minimum Gasteiger partial charge on any atom is -0.497 e. The molecule has 2 aromatic rings. The lowest BCUT2D eigenvalue weighted by Gasteiger charge is -2.09. The first-order valence-corrected chi connectivity index (χ1v) is 5.99. The molecule has 0 amide bonds. The van der Waals surface area contributed by atoms with Crippen molar-refractivity contribution in [1.82, 2.24) is 0 Å². The molecular formula is C16H16O3. The van der Waals surface area contributed by atoms with E-state index < -0.39 is 0 Å². The van der Waals surface area contributed by atoms with Crippen LogP contribution >= 0.6 is 0 Å². The summed E-state index contributed by atoms with van der Waals surface area (Å²) >= 11 is 0. The fourth-order valence-electron chi connectivity index (χ4n) is 1.92. The van der Waals surface area contributed by atoms with Crippen LogP contribution in [0.15, 0.2) is 42.5 Å². The minimum absolute atomic E-state index is 0.0700. The van der Waals surface area contributed by atoms with Gasteiger partial charge in [-0.05, 0) is 31.2 Å². The second-order valence-corrected chi connectivity index (χ2v) is 4.26. The molecule has 0 aromatic heterocycles. The van der Waals surface area contributed by atoms with Crippen molar-refractivity contribution in [2.45, 2.75) is 6.92 Å². The van der Waals surface area contributed by atoms with E-state index in [9.17, 15) is 4.79 Å². The molecule has 0 aliphatic heterocycles. The van der Waals surface area contributed by atoms with Gasteiger partial charge in [0.2, 0.25) is 0 Å². The van der Waals surface area contributed by atoms with Gasteiger partial charge in [0.25, 0.3) is 0 Å². The van der Waals surface area contributed by atoms with Gasteiger partial charge in [0, 0.05) is 5.56 Å². The summed E-state index contributed by atoms with van der Waals surface area (Å²) in [7, 11) is 3.14. The maximum absolute atomic E-state index is 12.5. The zero-order valence-corrected chi connectivity index (χ0v) is 11.3. The molecule has 19 heavy (non-hydrogen) atoms. The zero-order chi connectivity index (χ0) is 13.8. The summed E-state index contributed by atoms with van der Waals surface area (Å²) in [6.45, 7) is 1.95. The molecule has 98 valence electrons. The van der Waals surface area contributed by atoms with Gasteiger partial charge in [-0.2, -0.15) is 0 Å². The van der Waals surface area contributed by atoms with E-state index in [0.29, 0.717) is 22.6 Å². The van der Waals surface area contributed by atoms with Crippen molar-refractivity contribution in [3.05, 3.63) is 59.2 Å². The molecule has 2 rings (SSSR count). The van der Waals surface area contributed by atoms with E-state index in [1.54, 1.807) is 32.4 Å². The Morgan fingerprint density at radius 1 is 1.00 bits per heavy atom. The van der Waals surface area contributed by atoms with Gasteiger partial charge >= 0.3 is 0 Å². The number of benzene rings is 2. The molecule has 0 unspecified atom stereocenters. The molecule has 3 nitrogen and oxygen atoms in total. The van der Waals surface area contributed by atoms with Gasteiger partial charge < -0.3 is 9.47 Å². The number of hydrogen-bond donors (Lipinski definition) is 0. The van der Waals surface area contributed by atoms with Crippen LogP contribution in [0.5, 0.6) is 11.5 Å². The SMILES string of the molecule is COc1cccc(C(=O)c2cc(C)ccc2OC)c1. The molecule has 0 saturated heterocycles. The highest BCUT2D eigenvalue weighted by Crippen LogP contribution is 2.24. The summed E-state index contributed by atoms with van der Waals surface area (Å²) in [5.41, 5.74) is 2.17. The summed E-state index contributed by atoms with van der Waals surface area (Å²) in [5.74, 6) is 1.18. The monoisotopic (exact) mass is 256 g/mol. The fraction of sp³-hybridized carbons (Fsp3) is 0.188. The van der Waals surface area contributed by atoms with E-state index >= 15 is 0 Å². The van der Waals surface area contributed by atoms with Gasteiger partial charge in [0.1, 0.15) is 11.5 Å². The molecule has 0 fully saturated rings. The van der Waals surface area contributed by atoms with Gasteiger partial charge in [-0.1, -0.05) is 23.8 Å². The van der Waals surface area contributed by atoms with Crippen molar-refractivity contribution in [3.63, 3.8) is 0 Å². The molecule has 3 heteroatoms. The van der Waals surface area contributed by atoms with Crippen LogP contribution in [0, 0.1) is 6.92 Å². The average molecular weight is 256 g/mol. The molecule has 2 aromatic carbocycles. The molecule has 0 atom stereocenters. The van der Waals surface area contributed by atoms with E-state index in [-0.39, 0.29) is 5.78 Å². The Balaban J connectivity index is 2.46. The number of ether oxygens (including phenoxy) is 2. The quantitative estimate of drug-likeness (QED) is 0.788.